The minimum Gasteiger partial charge on any atom is -0.345 e. The molecule has 1 aromatic carbocycles. The highest BCUT2D eigenvalue weighted by Gasteiger charge is 2.19. The van der Waals surface area contributed by atoms with Crippen molar-refractivity contribution in [1.82, 2.24) is 15.1 Å². The van der Waals surface area contributed by atoms with Crippen LogP contribution in [-0.4, -0.2) is 30.4 Å². The molecule has 8 heteroatoms. The highest BCUT2D eigenvalue weighted by molar-refractivity contribution is 7.90. The summed E-state index contributed by atoms with van der Waals surface area (Å²) in [6.07, 6.45) is 2.75. The number of benzene rings is 1. The van der Waals surface area contributed by atoms with Crippen molar-refractivity contribution in [3.05, 3.63) is 46.2 Å². The number of rotatable bonds is 4. The normalized spacial score (nSPS) is 12.9. The van der Waals surface area contributed by atoms with Crippen molar-refractivity contribution in [1.29, 1.82) is 0 Å². The van der Waals surface area contributed by atoms with Crippen LogP contribution in [0.15, 0.2) is 29.3 Å². The van der Waals surface area contributed by atoms with E-state index in [2.05, 4.69) is 10.4 Å². The van der Waals surface area contributed by atoms with Crippen LogP contribution in [0.25, 0.3) is 0 Å². The van der Waals surface area contributed by atoms with Gasteiger partial charge in [0.1, 0.15) is 0 Å². The van der Waals surface area contributed by atoms with Gasteiger partial charge in [-0.1, -0.05) is 11.6 Å². The van der Waals surface area contributed by atoms with Crippen molar-refractivity contribution in [2.24, 2.45) is 7.05 Å². The van der Waals surface area contributed by atoms with E-state index in [1.165, 1.54) is 18.2 Å². The lowest BCUT2D eigenvalue weighted by atomic mass is 10.1. The largest absolute Gasteiger partial charge is 0.345 e. The molecule has 0 fully saturated rings. The minimum absolute atomic E-state index is 0.0583. The molecule has 0 spiro atoms. The van der Waals surface area contributed by atoms with Gasteiger partial charge in [0.15, 0.2) is 9.84 Å². The molecule has 1 atom stereocenters. The van der Waals surface area contributed by atoms with Crippen molar-refractivity contribution in [3.63, 3.8) is 0 Å². The van der Waals surface area contributed by atoms with Crippen LogP contribution in [0.3, 0.4) is 0 Å². The standard InChI is InChI=1S/C15H18ClN3O3S/c1-9(12-8-17-19(3)10(12)2)18-15(20)11-5-6-13(16)14(7-11)23(4,21)22/h5-9H,1-4H3,(H,18,20)/t9-/m1/s1. The molecule has 1 heterocycles. The third-order valence-electron chi connectivity index (χ3n) is 3.68. The second-order valence-corrected chi connectivity index (χ2v) is 7.81. The van der Waals surface area contributed by atoms with Crippen LogP contribution in [-0.2, 0) is 16.9 Å². The predicted octanol–water partition coefficient (Wildman–Crippen LogP) is 2.28. The second-order valence-electron chi connectivity index (χ2n) is 5.42. The molecule has 0 radical (unpaired) electrons. The number of aromatic nitrogens is 2. The molecule has 23 heavy (non-hydrogen) atoms. The molecule has 2 aromatic rings. The third-order valence-corrected chi connectivity index (χ3v) is 5.26. The highest BCUT2D eigenvalue weighted by Crippen LogP contribution is 2.23. The van der Waals surface area contributed by atoms with E-state index in [4.69, 9.17) is 11.6 Å². The average molecular weight is 356 g/mol. The molecule has 2 rings (SSSR count). The van der Waals surface area contributed by atoms with E-state index in [0.717, 1.165) is 17.5 Å². The molecule has 0 aliphatic heterocycles. The second kappa shape index (κ2) is 6.33. The summed E-state index contributed by atoms with van der Waals surface area (Å²) in [7, 11) is -1.67. The van der Waals surface area contributed by atoms with Gasteiger partial charge in [-0.2, -0.15) is 5.10 Å². The molecule has 0 bridgehead atoms. The van der Waals surface area contributed by atoms with Crippen LogP contribution in [0.5, 0.6) is 0 Å². The Balaban J connectivity index is 2.26. The average Bonchev–Trinajstić information content (AvgIpc) is 2.78. The number of amides is 1. The summed E-state index contributed by atoms with van der Waals surface area (Å²) in [4.78, 5) is 12.3. The van der Waals surface area contributed by atoms with Crippen LogP contribution in [0.4, 0.5) is 0 Å². The maximum absolute atomic E-state index is 12.4. The molecule has 0 saturated carbocycles. The Morgan fingerprint density at radius 1 is 1.39 bits per heavy atom. The van der Waals surface area contributed by atoms with E-state index in [-0.39, 0.29) is 27.4 Å². The van der Waals surface area contributed by atoms with Crippen molar-refractivity contribution >= 4 is 27.3 Å². The van der Waals surface area contributed by atoms with Gasteiger partial charge in [-0.05, 0) is 32.0 Å². The minimum atomic E-state index is -3.50. The first-order chi connectivity index (χ1) is 10.6. The zero-order chi connectivity index (χ0) is 17.4. The lowest BCUT2D eigenvalue weighted by Crippen LogP contribution is -2.27. The number of hydrogen-bond donors (Lipinski definition) is 1. The van der Waals surface area contributed by atoms with Gasteiger partial charge >= 0.3 is 0 Å². The van der Waals surface area contributed by atoms with Crippen molar-refractivity contribution in [2.75, 3.05) is 6.26 Å². The zero-order valence-electron chi connectivity index (χ0n) is 13.3. The Labute approximate surface area is 140 Å². The van der Waals surface area contributed by atoms with Crippen LogP contribution in [0.2, 0.25) is 5.02 Å². The van der Waals surface area contributed by atoms with Crippen molar-refractivity contribution < 1.29 is 13.2 Å². The number of carbonyl (C=O) groups excluding carboxylic acids is 1. The van der Waals surface area contributed by atoms with Gasteiger partial charge in [0.25, 0.3) is 5.91 Å². The summed E-state index contributed by atoms with van der Waals surface area (Å²) in [5.41, 5.74) is 2.09. The van der Waals surface area contributed by atoms with Gasteiger partial charge in [-0.3, -0.25) is 9.48 Å². The van der Waals surface area contributed by atoms with Crippen molar-refractivity contribution in [2.45, 2.75) is 24.8 Å². The molecule has 124 valence electrons. The summed E-state index contributed by atoms with van der Waals surface area (Å²) in [6.45, 7) is 3.75. The summed E-state index contributed by atoms with van der Waals surface area (Å²) < 4.78 is 25.1. The van der Waals surface area contributed by atoms with E-state index in [9.17, 15) is 13.2 Å². The number of carbonyl (C=O) groups is 1. The Morgan fingerprint density at radius 3 is 2.57 bits per heavy atom. The number of nitrogens with zero attached hydrogens (tertiary/aromatic N) is 2. The maximum Gasteiger partial charge on any atom is 0.251 e. The van der Waals surface area contributed by atoms with Gasteiger partial charge in [0.05, 0.1) is 22.2 Å². The van der Waals surface area contributed by atoms with E-state index in [1.54, 1.807) is 10.9 Å². The van der Waals surface area contributed by atoms with Crippen molar-refractivity contribution in [3.8, 4) is 0 Å². The monoisotopic (exact) mass is 355 g/mol. The fraction of sp³-hybridized carbons (Fsp3) is 0.333. The Morgan fingerprint density at radius 2 is 2.04 bits per heavy atom. The Bertz CT molecular complexity index is 859. The summed E-state index contributed by atoms with van der Waals surface area (Å²) in [5, 5.41) is 7.08. The topological polar surface area (TPSA) is 81.1 Å². The van der Waals surface area contributed by atoms with E-state index < -0.39 is 9.84 Å². The van der Waals surface area contributed by atoms with E-state index in [0.29, 0.717) is 0 Å². The van der Waals surface area contributed by atoms with Crippen LogP contribution in [0, 0.1) is 6.92 Å². The van der Waals surface area contributed by atoms with Crippen LogP contribution in [0.1, 0.15) is 34.6 Å². The van der Waals surface area contributed by atoms with Gasteiger partial charge in [-0.15, -0.1) is 0 Å². The number of sulfone groups is 1. The molecule has 0 aliphatic rings. The maximum atomic E-state index is 12.4. The van der Waals surface area contributed by atoms with Gasteiger partial charge in [0.2, 0.25) is 0 Å². The van der Waals surface area contributed by atoms with Gasteiger partial charge in [-0.25, -0.2) is 8.42 Å². The molecule has 0 unspecified atom stereocenters. The van der Waals surface area contributed by atoms with Gasteiger partial charge < -0.3 is 5.32 Å². The molecular formula is C15H18ClN3O3S. The fourth-order valence-corrected chi connectivity index (χ4v) is 3.53. The zero-order valence-corrected chi connectivity index (χ0v) is 14.9. The highest BCUT2D eigenvalue weighted by atomic mass is 35.5. The van der Waals surface area contributed by atoms with E-state index in [1.807, 2.05) is 20.9 Å². The molecular weight excluding hydrogens is 338 g/mol. The smallest absolute Gasteiger partial charge is 0.251 e. The first kappa shape index (κ1) is 17.5. The van der Waals surface area contributed by atoms with Crippen LogP contribution >= 0.6 is 11.6 Å². The lowest BCUT2D eigenvalue weighted by molar-refractivity contribution is 0.0939. The SMILES string of the molecule is Cc1c([C@@H](C)NC(=O)c2ccc(Cl)c(S(C)(=O)=O)c2)cnn1C. The quantitative estimate of drug-likeness (QED) is 0.912. The molecule has 6 nitrogen and oxygen atoms in total. The molecule has 1 N–H and O–H groups in total. The molecule has 0 aliphatic carbocycles. The first-order valence-corrected chi connectivity index (χ1v) is 9.17. The molecule has 1 aromatic heterocycles. The fourth-order valence-electron chi connectivity index (χ4n) is 2.23. The summed E-state index contributed by atoms with van der Waals surface area (Å²) >= 11 is 5.89. The third kappa shape index (κ3) is 3.73. The number of nitrogens with one attached hydrogen (secondary N) is 1. The first-order valence-electron chi connectivity index (χ1n) is 6.90. The predicted molar refractivity (Wildman–Crippen MR) is 88.4 cm³/mol. The lowest BCUT2D eigenvalue weighted by Gasteiger charge is -2.14. The Hall–Kier alpha value is -1.86. The Kier molecular flexibility index (Phi) is 4.81. The summed E-state index contributed by atoms with van der Waals surface area (Å²) in [5.74, 6) is -0.373. The van der Waals surface area contributed by atoms with E-state index >= 15 is 0 Å². The molecule has 0 saturated heterocycles. The van der Waals surface area contributed by atoms with Gasteiger partial charge in [0, 0.05) is 30.1 Å². The summed E-state index contributed by atoms with van der Waals surface area (Å²) in [6, 6.07) is 3.94. The number of aryl methyl sites for hydroxylation is 1. The number of halogens is 1. The molecule has 1 amide bonds. The number of hydrogen-bond acceptors (Lipinski definition) is 4. The van der Waals surface area contributed by atoms with Crippen LogP contribution < -0.4 is 5.32 Å².